The lowest BCUT2D eigenvalue weighted by molar-refractivity contribution is 0.0695. The Labute approximate surface area is 96.4 Å². The molecule has 1 aromatic rings. The predicted octanol–water partition coefficient (Wildman–Crippen LogP) is 2.40. The summed E-state index contributed by atoms with van der Waals surface area (Å²) in [5.74, 6) is -0.914. The molecular weight excluding hydrogens is 293 g/mol. The highest BCUT2D eigenvalue weighted by Gasteiger charge is 2.14. The van der Waals surface area contributed by atoms with Gasteiger partial charge < -0.3 is 10.8 Å². The van der Waals surface area contributed by atoms with Crippen LogP contribution >= 0.6 is 22.6 Å². The first-order chi connectivity index (χ1) is 6.56. The molecule has 0 saturated carbocycles. The standard InChI is InChI=1S/C10H12INO2/c1-2-9(12)7-4-3-6(11)5-8(7)10(13)14/h3-5,9H,2,12H2,1H3,(H,13,14). The van der Waals surface area contributed by atoms with Crippen LogP contribution in [0.4, 0.5) is 0 Å². The Morgan fingerprint density at radius 2 is 2.29 bits per heavy atom. The zero-order valence-corrected chi connectivity index (χ0v) is 9.98. The monoisotopic (exact) mass is 305 g/mol. The van der Waals surface area contributed by atoms with Crippen LogP contribution in [0.3, 0.4) is 0 Å². The molecule has 0 heterocycles. The van der Waals surface area contributed by atoms with Gasteiger partial charge in [-0.05, 0) is 46.7 Å². The fourth-order valence-corrected chi connectivity index (χ4v) is 1.75. The molecule has 4 heteroatoms. The van der Waals surface area contributed by atoms with E-state index in [1.165, 1.54) is 0 Å². The zero-order valence-electron chi connectivity index (χ0n) is 7.83. The van der Waals surface area contributed by atoms with Crippen LogP contribution in [-0.4, -0.2) is 11.1 Å². The van der Waals surface area contributed by atoms with Gasteiger partial charge in [-0.15, -0.1) is 0 Å². The summed E-state index contributed by atoms with van der Waals surface area (Å²) in [6.07, 6.45) is 0.737. The highest BCUT2D eigenvalue weighted by Crippen LogP contribution is 2.21. The molecule has 76 valence electrons. The number of benzene rings is 1. The molecule has 0 aliphatic carbocycles. The Bertz CT molecular complexity index is 352. The molecule has 0 bridgehead atoms. The molecule has 0 aliphatic rings. The van der Waals surface area contributed by atoms with E-state index in [-0.39, 0.29) is 6.04 Å². The van der Waals surface area contributed by atoms with E-state index in [0.29, 0.717) is 11.1 Å². The Hall–Kier alpha value is -0.620. The van der Waals surface area contributed by atoms with Crippen molar-refractivity contribution in [3.63, 3.8) is 0 Å². The van der Waals surface area contributed by atoms with Gasteiger partial charge in [0.2, 0.25) is 0 Å². The predicted molar refractivity (Wildman–Crippen MR) is 63.3 cm³/mol. The van der Waals surface area contributed by atoms with Crippen LogP contribution in [-0.2, 0) is 0 Å². The molecule has 3 N–H and O–H groups in total. The summed E-state index contributed by atoms with van der Waals surface area (Å²) in [6.45, 7) is 1.94. The van der Waals surface area contributed by atoms with Crippen LogP contribution in [0, 0.1) is 3.57 Å². The van der Waals surface area contributed by atoms with Gasteiger partial charge in [-0.3, -0.25) is 0 Å². The molecule has 1 rings (SSSR count). The van der Waals surface area contributed by atoms with Gasteiger partial charge in [-0.1, -0.05) is 13.0 Å². The summed E-state index contributed by atoms with van der Waals surface area (Å²) in [4.78, 5) is 10.9. The Morgan fingerprint density at radius 1 is 1.64 bits per heavy atom. The second kappa shape index (κ2) is 4.75. The van der Waals surface area contributed by atoms with Gasteiger partial charge in [0.1, 0.15) is 0 Å². The second-order valence-corrected chi connectivity index (χ2v) is 4.30. The van der Waals surface area contributed by atoms with E-state index in [1.807, 2.05) is 13.0 Å². The van der Waals surface area contributed by atoms with Gasteiger partial charge in [0.15, 0.2) is 0 Å². The van der Waals surface area contributed by atoms with Gasteiger partial charge in [0, 0.05) is 9.61 Å². The first kappa shape index (κ1) is 11.5. The molecule has 0 amide bonds. The average Bonchev–Trinajstić information content (AvgIpc) is 2.16. The first-order valence-corrected chi connectivity index (χ1v) is 5.42. The number of carbonyl (C=O) groups is 1. The van der Waals surface area contributed by atoms with Crippen molar-refractivity contribution in [2.24, 2.45) is 5.73 Å². The lowest BCUT2D eigenvalue weighted by atomic mass is 9.99. The van der Waals surface area contributed by atoms with E-state index < -0.39 is 5.97 Å². The van der Waals surface area contributed by atoms with Crippen LogP contribution in [0.1, 0.15) is 35.3 Å². The second-order valence-electron chi connectivity index (χ2n) is 3.05. The quantitative estimate of drug-likeness (QED) is 0.843. The summed E-state index contributed by atoms with van der Waals surface area (Å²) in [7, 11) is 0. The van der Waals surface area contributed by atoms with Gasteiger partial charge in [0.05, 0.1) is 5.56 Å². The fraction of sp³-hybridized carbons (Fsp3) is 0.300. The largest absolute Gasteiger partial charge is 0.478 e. The van der Waals surface area contributed by atoms with E-state index in [0.717, 1.165) is 9.99 Å². The van der Waals surface area contributed by atoms with E-state index >= 15 is 0 Å². The van der Waals surface area contributed by atoms with Crippen LogP contribution in [0.25, 0.3) is 0 Å². The number of halogens is 1. The normalized spacial score (nSPS) is 12.5. The minimum absolute atomic E-state index is 0.196. The maximum absolute atomic E-state index is 10.9. The SMILES string of the molecule is CCC(N)c1ccc(I)cc1C(=O)O. The number of carboxylic acids is 1. The average molecular weight is 305 g/mol. The molecular formula is C10H12INO2. The summed E-state index contributed by atoms with van der Waals surface area (Å²) >= 11 is 2.09. The Kier molecular flexibility index (Phi) is 3.88. The first-order valence-electron chi connectivity index (χ1n) is 4.34. The molecule has 1 aromatic carbocycles. The molecule has 0 fully saturated rings. The maximum atomic E-state index is 10.9. The third kappa shape index (κ3) is 2.45. The summed E-state index contributed by atoms with van der Waals surface area (Å²) in [5.41, 5.74) is 6.84. The van der Waals surface area contributed by atoms with E-state index in [4.69, 9.17) is 10.8 Å². The van der Waals surface area contributed by atoms with Crippen molar-refractivity contribution in [1.29, 1.82) is 0 Å². The van der Waals surface area contributed by atoms with E-state index in [9.17, 15) is 4.79 Å². The van der Waals surface area contributed by atoms with E-state index in [1.54, 1.807) is 12.1 Å². The topological polar surface area (TPSA) is 63.3 Å². The van der Waals surface area contributed by atoms with Crippen LogP contribution in [0.15, 0.2) is 18.2 Å². The Morgan fingerprint density at radius 3 is 2.79 bits per heavy atom. The van der Waals surface area contributed by atoms with Crippen molar-refractivity contribution in [2.75, 3.05) is 0 Å². The number of hydrogen-bond donors (Lipinski definition) is 2. The van der Waals surface area contributed by atoms with Crippen LogP contribution in [0.2, 0.25) is 0 Å². The van der Waals surface area contributed by atoms with Gasteiger partial charge in [0.25, 0.3) is 0 Å². The van der Waals surface area contributed by atoms with Crippen LogP contribution < -0.4 is 5.73 Å². The molecule has 3 nitrogen and oxygen atoms in total. The van der Waals surface area contributed by atoms with Crippen LogP contribution in [0.5, 0.6) is 0 Å². The molecule has 1 atom stereocenters. The molecule has 0 aliphatic heterocycles. The summed E-state index contributed by atoms with van der Waals surface area (Å²) in [5, 5.41) is 8.98. The molecule has 1 unspecified atom stereocenters. The highest BCUT2D eigenvalue weighted by molar-refractivity contribution is 14.1. The maximum Gasteiger partial charge on any atom is 0.336 e. The Balaban J connectivity index is 3.21. The van der Waals surface area contributed by atoms with E-state index in [2.05, 4.69) is 22.6 Å². The molecule has 0 spiro atoms. The third-order valence-corrected chi connectivity index (χ3v) is 2.76. The minimum Gasteiger partial charge on any atom is -0.478 e. The highest BCUT2D eigenvalue weighted by atomic mass is 127. The number of nitrogens with two attached hydrogens (primary N) is 1. The number of hydrogen-bond acceptors (Lipinski definition) is 2. The lowest BCUT2D eigenvalue weighted by Crippen LogP contribution is -2.14. The minimum atomic E-state index is -0.914. The van der Waals surface area contributed by atoms with Gasteiger partial charge in [-0.2, -0.15) is 0 Å². The van der Waals surface area contributed by atoms with Crippen molar-refractivity contribution >= 4 is 28.6 Å². The van der Waals surface area contributed by atoms with Gasteiger partial charge >= 0.3 is 5.97 Å². The molecule has 14 heavy (non-hydrogen) atoms. The molecule has 0 radical (unpaired) electrons. The smallest absolute Gasteiger partial charge is 0.336 e. The third-order valence-electron chi connectivity index (χ3n) is 2.09. The number of aromatic carboxylic acids is 1. The fourth-order valence-electron chi connectivity index (χ4n) is 1.26. The van der Waals surface area contributed by atoms with Gasteiger partial charge in [-0.25, -0.2) is 4.79 Å². The van der Waals surface area contributed by atoms with Crippen molar-refractivity contribution < 1.29 is 9.90 Å². The molecule has 0 saturated heterocycles. The summed E-state index contributed by atoms with van der Waals surface area (Å²) < 4.78 is 0.909. The van der Waals surface area contributed by atoms with Crippen molar-refractivity contribution in [3.8, 4) is 0 Å². The van der Waals surface area contributed by atoms with Crippen molar-refractivity contribution in [3.05, 3.63) is 32.9 Å². The summed E-state index contributed by atoms with van der Waals surface area (Å²) in [6, 6.07) is 5.11. The zero-order chi connectivity index (χ0) is 10.7. The van der Waals surface area contributed by atoms with Crippen molar-refractivity contribution in [1.82, 2.24) is 0 Å². The molecule has 0 aromatic heterocycles. The number of rotatable bonds is 3. The lowest BCUT2D eigenvalue weighted by Gasteiger charge is -2.12. The number of carboxylic acid groups (broad SMARTS) is 1. The van der Waals surface area contributed by atoms with Crippen molar-refractivity contribution in [2.45, 2.75) is 19.4 Å².